The van der Waals surface area contributed by atoms with Gasteiger partial charge in [-0.3, -0.25) is 24.0 Å². The van der Waals surface area contributed by atoms with Gasteiger partial charge in [0.15, 0.2) is 0 Å². The van der Waals surface area contributed by atoms with E-state index in [0.717, 1.165) is 6.42 Å². The van der Waals surface area contributed by atoms with Gasteiger partial charge in [0.2, 0.25) is 23.6 Å². The predicted octanol–water partition coefficient (Wildman–Crippen LogP) is -2.90. The van der Waals surface area contributed by atoms with Crippen molar-refractivity contribution >= 4 is 42.2 Å². The van der Waals surface area contributed by atoms with Gasteiger partial charge in [0.1, 0.15) is 18.1 Å². The molecule has 0 aromatic heterocycles. The molecule has 1 aliphatic heterocycles. The summed E-state index contributed by atoms with van der Waals surface area (Å²) in [7, 11) is 0. The topological polar surface area (TPSA) is 180 Å². The molecule has 4 amide bonds. The van der Waals surface area contributed by atoms with Crippen LogP contribution in [0.25, 0.3) is 0 Å². The number of carbonyl (C=O) groups excluding carboxylic acids is 4. The number of aliphatic carboxylic acids is 1. The van der Waals surface area contributed by atoms with Crippen LogP contribution in [0.5, 0.6) is 0 Å². The van der Waals surface area contributed by atoms with Gasteiger partial charge in [-0.1, -0.05) is 0 Å². The van der Waals surface area contributed by atoms with Gasteiger partial charge in [-0.2, -0.15) is 12.6 Å². The Labute approximate surface area is 161 Å². The van der Waals surface area contributed by atoms with Crippen molar-refractivity contribution in [1.82, 2.24) is 21.3 Å². The van der Waals surface area contributed by atoms with Gasteiger partial charge in [-0.15, -0.1) is 0 Å². The lowest BCUT2D eigenvalue weighted by Crippen LogP contribution is -2.58. The molecule has 0 spiro atoms. The lowest BCUT2D eigenvalue weighted by molar-refractivity contribution is -0.141. The van der Waals surface area contributed by atoms with E-state index in [0.29, 0.717) is 13.0 Å². The number of hydrogen-bond acceptors (Lipinski definition) is 7. The summed E-state index contributed by atoms with van der Waals surface area (Å²) >= 11 is 3.97. The van der Waals surface area contributed by atoms with E-state index in [9.17, 15) is 24.0 Å². The summed E-state index contributed by atoms with van der Waals surface area (Å²) in [5, 5.41) is 18.8. The van der Waals surface area contributed by atoms with Gasteiger partial charge in [-0.05, 0) is 26.3 Å². The molecule has 1 heterocycles. The molecule has 1 fully saturated rings. The quantitative estimate of drug-likeness (QED) is 0.191. The summed E-state index contributed by atoms with van der Waals surface area (Å²) in [6.07, 6.45) is 0.969. The molecule has 0 aromatic carbocycles. The Balaban J connectivity index is 2.74. The normalized spacial score (nSPS) is 19.4. The molecule has 1 rings (SSSR count). The second-order valence-corrected chi connectivity index (χ2v) is 6.56. The Kier molecular flexibility index (Phi) is 9.02. The van der Waals surface area contributed by atoms with Crippen molar-refractivity contribution in [2.75, 3.05) is 12.3 Å². The summed E-state index contributed by atoms with van der Waals surface area (Å²) in [4.78, 5) is 58.8. The fourth-order valence-electron chi connectivity index (χ4n) is 2.43. The van der Waals surface area contributed by atoms with Crippen LogP contribution in [-0.4, -0.2) is 71.2 Å². The smallest absolute Gasteiger partial charge is 0.325 e. The molecule has 0 aromatic rings. The SMILES string of the molecule is CC(NC(=O)C(CS)NC(=O)C(CC(N)=O)NC(=O)C1CCCN1)C(=O)O. The minimum atomic E-state index is -1.26. The molecule has 7 N–H and O–H groups in total. The van der Waals surface area contributed by atoms with E-state index in [1.807, 2.05) is 0 Å². The fraction of sp³-hybridized carbons (Fsp3) is 0.667. The van der Waals surface area contributed by atoms with E-state index in [4.69, 9.17) is 10.8 Å². The standard InChI is InChI=1S/C15H25N5O6S/c1-7(15(25)26)18-14(24)10(6-27)20-13(23)9(5-11(16)21)19-12(22)8-3-2-4-17-8/h7-10,17,27H,2-6H2,1H3,(H2,16,21)(H,18,24)(H,19,22)(H,20,23)(H,25,26). The molecule has 4 atom stereocenters. The molecular formula is C15H25N5O6S. The molecule has 1 aliphatic rings. The first-order valence-corrected chi connectivity index (χ1v) is 9.05. The fourth-order valence-corrected chi connectivity index (χ4v) is 2.69. The molecule has 27 heavy (non-hydrogen) atoms. The summed E-state index contributed by atoms with van der Waals surface area (Å²) in [6.45, 7) is 1.94. The molecule has 12 heteroatoms. The highest BCUT2D eigenvalue weighted by Gasteiger charge is 2.31. The lowest BCUT2D eigenvalue weighted by Gasteiger charge is -2.23. The predicted molar refractivity (Wildman–Crippen MR) is 97.8 cm³/mol. The second-order valence-electron chi connectivity index (χ2n) is 6.19. The van der Waals surface area contributed by atoms with Gasteiger partial charge in [0, 0.05) is 5.75 Å². The maximum absolute atomic E-state index is 12.4. The molecule has 11 nitrogen and oxygen atoms in total. The van der Waals surface area contributed by atoms with Crippen LogP contribution >= 0.6 is 12.6 Å². The van der Waals surface area contributed by atoms with Crippen LogP contribution in [0.2, 0.25) is 0 Å². The minimum absolute atomic E-state index is 0.120. The maximum Gasteiger partial charge on any atom is 0.325 e. The summed E-state index contributed by atoms with van der Waals surface area (Å²) in [5.74, 6) is -4.16. The number of amides is 4. The third-order valence-electron chi connectivity index (χ3n) is 3.96. The summed E-state index contributed by atoms with van der Waals surface area (Å²) < 4.78 is 0. The van der Waals surface area contributed by atoms with E-state index in [-0.39, 0.29) is 5.75 Å². The highest BCUT2D eigenvalue weighted by atomic mass is 32.1. The van der Waals surface area contributed by atoms with Crippen molar-refractivity contribution in [3.05, 3.63) is 0 Å². The van der Waals surface area contributed by atoms with Crippen molar-refractivity contribution < 1.29 is 29.1 Å². The number of nitrogens with one attached hydrogen (secondary N) is 4. The number of carboxylic acid groups (broad SMARTS) is 1. The lowest BCUT2D eigenvalue weighted by atomic mass is 10.1. The Hall–Kier alpha value is -2.34. The number of primary amides is 1. The van der Waals surface area contributed by atoms with Crippen LogP contribution < -0.4 is 27.0 Å². The minimum Gasteiger partial charge on any atom is -0.480 e. The highest BCUT2D eigenvalue weighted by molar-refractivity contribution is 7.80. The van der Waals surface area contributed by atoms with Crippen molar-refractivity contribution in [3.8, 4) is 0 Å². The van der Waals surface area contributed by atoms with Crippen molar-refractivity contribution in [2.45, 2.75) is 50.4 Å². The van der Waals surface area contributed by atoms with Crippen LogP contribution in [-0.2, 0) is 24.0 Å². The first-order valence-electron chi connectivity index (χ1n) is 8.42. The molecule has 4 unspecified atom stereocenters. The molecule has 0 aliphatic carbocycles. The monoisotopic (exact) mass is 403 g/mol. The number of hydrogen-bond donors (Lipinski definition) is 7. The van der Waals surface area contributed by atoms with Crippen LogP contribution in [0.1, 0.15) is 26.2 Å². The second kappa shape index (κ2) is 10.7. The summed E-state index contributed by atoms with van der Waals surface area (Å²) in [6, 6.07) is -4.04. The van der Waals surface area contributed by atoms with E-state index in [2.05, 4.69) is 33.9 Å². The third-order valence-corrected chi connectivity index (χ3v) is 4.32. The Morgan fingerprint density at radius 1 is 1.15 bits per heavy atom. The maximum atomic E-state index is 12.4. The number of thiol groups is 1. The summed E-state index contributed by atoms with van der Waals surface area (Å²) in [5.41, 5.74) is 5.14. The molecular weight excluding hydrogens is 378 g/mol. The van der Waals surface area contributed by atoms with Crippen LogP contribution in [0.3, 0.4) is 0 Å². The Bertz CT molecular complexity index is 595. The van der Waals surface area contributed by atoms with E-state index in [1.165, 1.54) is 6.92 Å². The zero-order valence-electron chi connectivity index (χ0n) is 14.9. The van der Waals surface area contributed by atoms with Crippen molar-refractivity contribution in [1.29, 1.82) is 0 Å². The van der Waals surface area contributed by atoms with Crippen LogP contribution in [0, 0.1) is 0 Å². The van der Waals surface area contributed by atoms with Crippen LogP contribution in [0.15, 0.2) is 0 Å². The van der Waals surface area contributed by atoms with E-state index < -0.39 is 60.2 Å². The number of carboxylic acids is 1. The Morgan fingerprint density at radius 2 is 1.78 bits per heavy atom. The van der Waals surface area contributed by atoms with Crippen molar-refractivity contribution in [3.63, 3.8) is 0 Å². The van der Waals surface area contributed by atoms with E-state index in [1.54, 1.807) is 0 Å². The number of rotatable bonds is 10. The zero-order chi connectivity index (χ0) is 20.6. The van der Waals surface area contributed by atoms with Gasteiger partial charge in [0.25, 0.3) is 0 Å². The van der Waals surface area contributed by atoms with E-state index >= 15 is 0 Å². The molecule has 152 valence electrons. The van der Waals surface area contributed by atoms with Gasteiger partial charge < -0.3 is 32.1 Å². The molecule has 0 bridgehead atoms. The average Bonchev–Trinajstić information content (AvgIpc) is 3.12. The van der Waals surface area contributed by atoms with Crippen molar-refractivity contribution in [2.24, 2.45) is 5.73 Å². The van der Waals surface area contributed by atoms with Gasteiger partial charge in [-0.25, -0.2) is 0 Å². The zero-order valence-corrected chi connectivity index (χ0v) is 15.8. The number of carbonyl (C=O) groups is 5. The number of nitrogens with two attached hydrogens (primary N) is 1. The largest absolute Gasteiger partial charge is 0.480 e. The Morgan fingerprint density at radius 3 is 2.26 bits per heavy atom. The van der Waals surface area contributed by atoms with Crippen LogP contribution in [0.4, 0.5) is 0 Å². The first kappa shape index (κ1) is 22.7. The third kappa shape index (κ3) is 7.43. The molecule has 1 saturated heterocycles. The molecule has 0 radical (unpaired) electrons. The van der Waals surface area contributed by atoms with Gasteiger partial charge in [0.05, 0.1) is 12.5 Å². The first-order chi connectivity index (χ1) is 12.6. The highest BCUT2D eigenvalue weighted by Crippen LogP contribution is 2.06. The average molecular weight is 403 g/mol. The molecule has 0 saturated carbocycles. The van der Waals surface area contributed by atoms with Gasteiger partial charge >= 0.3 is 5.97 Å².